The molecule has 0 aromatic carbocycles. The zero-order chi connectivity index (χ0) is 10.6. The molecule has 14 heavy (non-hydrogen) atoms. The first-order valence-electron chi connectivity index (χ1n) is 5.18. The van der Waals surface area contributed by atoms with E-state index in [4.69, 9.17) is 4.55 Å². The van der Waals surface area contributed by atoms with Gasteiger partial charge in [0.25, 0.3) is 10.1 Å². The first-order valence-corrected chi connectivity index (χ1v) is 6.79. The third kappa shape index (κ3) is 4.39. The number of hydrogen-bond donors (Lipinski definition) is 1. The lowest BCUT2D eigenvalue weighted by Crippen LogP contribution is -2.28. The van der Waals surface area contributed by atoms with Crippen LogP contribution in [0.15, 0.2) is 0 Å². The van der Waals surface area contributed by atoms with Crippen LogP contribution in [0.2, 0.25) is 0 Å². The van der Waals surface area contributed by atoms with Crippen LogP contribution in [0.25, 0.3) is 0 Å². The van der Waals surface area contributed by atoms with E-state index in [2.05, 4.69) is 11.8 Å². The second-order valence-corrected chi connectivity index (χ2v) is 5.59. The second kappa shape index (κ2) is 5.09. The highest BCUT2D eigenvalue weighted by atomic mass is 32.2. The third-order valence-electron chi connectivity index (χ3n) is 2.79. The first kappa shape index (κ1) is 11.9. The molecule has 1 aliphatic heterocycles. The minimum Gasteiger partial charge on any atom is -0.301 e. The van der Waals surface area contributed by atoms with Crippen LogP contribution < -0.4 is 0 Å². The molecular formula is C9H19NO3S. The Morgan fingerprint density at radius 1 is 1.43 bits per heavy atom. The average molecular weight is 221 g/mol. The van der Waals surface area contributed by atoms with E-state index in [-0.39, 0.29) is 5.75 Å². The van der Waals surface area contributed by atoms with Gasteiger partial charge in [0.15, 0.2) is 0 Å². The molecule has 1 N–H and O–H groups in total. The number of unbranched alkanes of at least 4 members (excludes halogenated alkanes) is 1. The van der Waals surface area contributed by atoms with E-state index in [0.717, 1.165) is 19.5 Å². The predicted molar refractivity (Wildman–Crippen MR) is 55.9 cm³/mol. The van der Waals surface area contributed by atoms with Gasteiger partial charge < -0.3 is 4.90 Å². The molecule has 1 heterocycles. The van der Waals surface area contributed by atoms with E-state index in [9.17, 15) is 8.42 Å². The molecule has 0 aliphatic carbocycles. The van der Waals surface area contributed by atoms with Crippen molar-refractivity contribution in [3.05, 3.63) is 0 Å². The van der Waals surface area contributed by atoms with Gasteiger partial charge in [0.05, 0.1) is 5.75 Å². The molecule has 0 radical (unpaired) electrons. The molecule has 0 saturated carbocycles. The van der Waals surface area contributed by atoms with Gasteiger partial charge in [-0.15, -0.1) is 0 Å². The molecule has 0 aromatic heterocycles. The van der Waals surface area contributed by atoms with E-state index < -0.39 is 10.1 Å². The standard InChI is InChI=1S/C9H19NO3S/c1-9-5-4-7-10(9)6-2-3-8-14(11,12)13/h9H,2-8H2,1H3,(H,11,12,13). The first-order chi connectivity index (χ1) is 6.49. The summed E-state index contributed by atoms with van der Waals surface area (Å²) >= 11 is 0. The molecule has 1 aliphatic rings. The number of hydrogen-bond acceptors (Lipinski definition) is 3. The Bertz CT molecular complexity index is 263. The zero-order valence-corrected chi connectivity index (χ0v) is 9.46. The van der Waals surface area contributed by atoms with Crippen molar-refractivity contribution in [1.82, 2.24) is 4.90 Å². The fraction of sp³-hybridized carbons (Fsp3) is 1.00. The number of nitrogens with zero attached hydrogens (tertiary/aromatic N) is 1. The molecule has 84 valence electrons. The Morgan fingerprint density at radius 2 is 2.14 bits per heavy atom. The molecule has 0 bridgehead atoms. The van der Waals surface area contributed by atoms with Gasteiger partial charge in [-0.2, -0.15) is 8.42 Å². The summed E-state index contributed by atoms with van der Waals surface area (Å²) in [6, 6.07) is 0.640. The monoisotopic (exact) mass is 221 g/mol. The lowest BCUT2D eigenvalue weighted by atomic mass is 10.2. The molecule has 1 unspecified atom stereocenters. The van der Waals surface area contributed by atoms with Crippen molar-refractivity contribution in [3.63, 3.8) is 0 Å². The Morgan fingerprint density at radius 3 is 2.64 bits per heavy atom. The highest BCUT2D eigenvalue weighted by Crippen LogP contribution is 2.16. The van der Waals surface area contributed by atoms with E-state index in [1.165, 1.54) is 12.8 Å². The average Bonchev–Trinajstić information content (AvgIpc) is 2.44. The van der Waals surface area contributed by atoms with Gasteiger partial charge in [-0.1, -0.05) is 0 Å². The summed E-state index contributed by atoms with van der Waals surface area (Å²) in [6.07, 6.45) is 3.91. The molecule has 1 rings (SSSR count). The molecule has 1 fully saturated rings. The lowest BCUT2D eigenvalue weighted by Gasteiger charge is -2.20. The molecule has 1 saturated heterocycles. The fourth-order valence-electron chi connectivity index (χ4n) is 1.92. The number of rotatable bonds is 5. The second-order valence-electron chi connectivity index (χ2n) is 4.02. The summed E-state index contributed by atoms with van der Waals surface area (Å²) in [7, 11) is -3.75. The molecule has 0 spiro atoms. The normalized spacial score (nSPS) is 24.3. The number of likely N-dealkylation sites (tertiary alicyclic amines) is 1. The van der Waals surface area contributed by atoms with Gasteiger partial charge in [0.2, 0.25) is 0 Å². The van der Waals surface area contributed by atoms with Crippen LogP contribution >= 0.6 is 0 Å². The Kier molecular flexibility index (Phi) is 4.34. The molecular weight excluding hydrogens is 202 g/mol. The third-order valence-corrected chi connectivity index (χ3v) is 3.59. The maximum absolute atomic E-state index is 10.4. The van der Waals surface area contributed by atoms with E-state index in [1.807, 2.05) is 0 Å². The van der Waals surface area contributed by atoms with Crippen LogP contribution in [0.1, 0.15) is 32.6 Å². The SMILES string of the molecule is CC1CCCN1CCCCS(=O)(=O)O. The molecule has 5 heteroatoms. The zero-order valence-electron chi connectivity index (χ0n) is 8.65. The van der Waals surface area contributed by atoms with Crippen molar-refractivity contribution in [2.24, 2.45) is 0 Å². The van der Waals surface area contributed by atoms with Crippen molar-refractivity contribution < 1.29 is 13.0 Å². The van der Waals surface area contributed by atoms with Crippen molar-refractivity contribution in [2.75, 3.05) is 18.8 Å². The van der Waals surface area contributed by atoms with Gasteiger partial charge in [-0.3, -0.25) is 4.55 Å². The minimum atomic E-state index is -3.75. The summed E-state index contributed by atoms with van der Waals surface area (Å²) < 4.78 is 29.4. The largest absolute Gasteiger partial charge is 0.301 e. The summed E-state index contributed by atoms with van der Waals surface area (Å²) in [5.41, 5.74) is 0. The minimum absolute atomic E-state index is 0.102. The maximum Gasteiger partial charge on any atom is 0.264 e. The molecule has 1 atom stereocenters. The summed E-state index contributed by atoms with van der Waals surface area (Å²) in [5, 5.41) is 0. The topological polar surface area (TPSA) is 57.6 Å². The van der Waals surface area contributed by atoms with Crippen molar-refractivity contribution in [1.29, 1.82) is 0 Å². The van der Waals surface area contributed by atoms with Crippen LogP contribution in [0.4, 0.5) is 0 Å². The van der Waals surface area contributed by atoms with Crippen LogP contribution in [0.3, 0.4) is 0 Å². The maximum atomic E-state index is 10.4. The van der Waals surface area contributed by atoms with Gasteiger partial charge in [-0.05, 0) is 45.7 Å². The van der Waals surface area contributed by atoms with E-state index in [0.29, 0.717) is 12.5 Å². The van der Waals surface area contributed by atoms with Crippen molar-refractivity contribution >= 4 is 10.1 Å². The molecule has 0 aromatic rings. The highest BCUT2D eigenvalue weighted by molar-refractivity contribution is 7.85. The van der Waals surface area contributed by atoms with Crippen molar-refractivity contribution in [2.45, 2.75) is 38.6 Å². The fourth-order valence-corrected chi connectivity index (χ4v) is 2.49. The quantitative estimate of drug-likeness (QED) is 0.558. The van der Waals surface area contributed by atoms with Crippen LogP contribution in [0, 0.1) is 0 Å². The van der Waals surface area contributed by atoms with Gasteiger partial charge in [0, 0.05) is 6.04 Å². The molecule has 0 amide bonds. The lowest BCUT2D eigenvalue weighted by molar-refractivity contribution is 0.264. The summed E-state index contributed by atoms with van der Waals surface area (Å²) in [4.78, 5) is 2.38. The van der Waals surface area contributed by atoms with Gasteiger partial charge in [0.1, 0.15) is 0 Å². The summed E-state index contributed by atoms with van der Waals surface area (Å²) in [6.45, 7) is 4.29. The summed E-state index contributed by atoms with van der Waals surface area (Å²) in [5.74, 6) is -0.102. The van der Waals surface area contributed by atoms with Crippen LogP contribution in [-0.4, -0.2) is 42.8 Å². The van der Waals surface area contributed by atoms with Crippen LogP contribution in [0.5, 0.6) is 0 Å². The van der Waals surface area contributed by atoms with Gasteiger partial charge >= 0.3 is 0 Å². The van der Waals surface area contributed by atoms with Crippen molar-refractivity contribution in [3.8, 4) is 0 Å². The van der Waals surface area contributed by atoms with E-state index in [1.54, 1.807) is 0 Å². The van der Waals surface area contributed by atoms with Gasteiger partial charge in [-0.25, -0.2) is 0 Å². The predicted octanol–water partition coefficient (Wildman–Crippen LogP) is 1.14. The Balaban J connectivity index is 2.09. The Labute approximate surface area is 86.0 Å². The highest BCUT2D eigenvalue weighted by Gasteiger charge is 2.19. The smallest absolute Gasteiger partial charge is 0.264 e. The molecule has 4 nitrogen and oxygen atoms in total. The van der Waals surface area contributed by atoms with Crippen LogP contribution in [-0.2, 0) is 10.1 Å². The van der Waals surface area contributed by atoms with E-state index >= 15 is 0 Å². The Hall–Kier alpha value is -0.130.